The van der Waals surface area contributed by atoms with E-state index in [2.05, 4.69) is 10.1 Å². The molecule has 0 spiro atoms. The van der Waals surface area contributed by atoms with Crippen LogP contribution in [-0.4, -0.2) is 29.0 Å². The average molecular weight is 272 g/mol. The third-order valence-corrected chi connectivity index (χ3v) is 2.89. The lowest BCUT2D eigenvalue weighted by Crippen LogP contribution is -2.06. The van der Waals surface area contributed by atoms with E-state index >= 15 is 0 Å². The molecule has 6 nitrogen and oxygen atoms in total. The molecule has 0 bridgehead atoms. The summed E-state index contributed by atoms with van der Waals surface area (Å²) in [5.74, 6) is 0. The van der Waals surface area contributed by atoms with Crippen LogP contribution in [0.1, 0.15) is 24.6 Å². The van der Waals surface area contributed by atoms with E-state index in [-0.39, 0.29) is 0 Å². The number of ether oxygens (including phenoxy) is 2. The third kappa shape index (κ3) is 2.69. The maximum absolute atomic E-state index is 8.93. The number of hydrogen-bond donors (Lipinski definition) is 0. The van der Waals surface area contributed by atoms with E-state index in [9.17, 15) is 0 Å². The molecule has 2 aromatic rings. The summed E-state index contributed by atoms with van der Waals surface area (Å²) < 4.78 is 12.2. The molecule has 0 saturated heterocycles. The molecule has 0 unspecified atom stereocenters. The molecular formula is C14H16N4O2. The first-order valence-electron chi connectivity index (χ1n) is 6.24. The Kier molecular flexibility index (Phi) is 4.45. The van der Waals surface area contributed by atoms with E-state index in [0.717, 1.165) is 5.69 Å². The second-order valence-electron chi connectivity index (χ2n) is 4.09. The summed E-state index contributed by atoms with van der Waals surface area (Å²) in [7, 11) is 3.13. The summed E-state index contributed by atoms with van der Waals surface area (Å²) in [6.45, 7) is 2.68. The van der Waals surface area contributed by atoms with Crippen LogP contribution >= 0.6 is 0 Å². The van der Waals surface area contributed by atoms with Gasteiger partial charge in [0.25, 0.3) is 0 Å². The van der Waals surface area contributed by atoms with Gasteiger partial charge in [-0.15, -0.1) is 0 Å². The zero-order valence-electron chi connectivity index (χ0n) is 11.7. The first kappa shape index (κ1) is 14.2. The van der Waals surface area contributed by atoms with E-state index in [0.29, 0.717) is 23.6 Å². The zero-order valence-corrected chi connectivity index (χ0v) is 11.7. The van der Waals surface area contributed by atoms with Gasteiger partial charge in [0.1, 0.15) is 17.5 Å². The molecule has 0 amide bonds. The Labute approximate surface area is 117 Å². The Hall–Kier alpha value is -2.23. The molecule has 0 N–H and O–H groups in total. The van der Waals surface area contributed by atoms with Gasteiger partial charge in [-0.25, -0.2) is 4.98 Å². The first-order valence-corrected chi connectivity index (χ1v) is 6.24. The van der Waals surface area contributed by atoms with E-state index in [4.69, 9.17) is 14.7 Å². The first-order chi connectivity index (χ1) is 9.73. The summed E-state index contributed by atoms with van der Waals surface area (Å²) in [5.41, 5.74) is 2.59. The van der Waals surface area contributed by atoms with Crippen LogP contribution in [0.2, 0.25) is 0 Å². The normalized spacial score (nSPS) is 10.8. The summed E-state index contributed by atoms with van der Waals surface area (Å²) in [4.78, 5) is 4.29. The number of methoxy groups -OCH3 is 2. The molecule has 20 heavy (non-hydrogen) atoms. The van der Waals surface area contributed by atoms with Gasteiger partial charge in [-0.1, -0.05) is 6.07 Å². The van der Waals surface area contributed by atoms with Crippen molar-refractivity contribution in [3.05, 3.63) is 35.7 Å². The maximum Gasteiger partial charge on any atom is 0.202 e. The average Bonchev–Trinajstić information content (AvgIpc) is 2.93. The number of nitrogens with zero attached hydrogens (tertiary/aromatic N) is 4. The van der Waals surface area contributed by atoms with Crippen LogP contribution in [-0.2, 0) is 16.0 Å². The van der Waals surface area contributed by atoms with E-state index in [1.165, 1.54) is 0 Å². The second kappa shape index (κ2) is 6.28. The topological polar surface area (TPSA) is 73.0 Å². The van der Waals surface area contributed by atoms with E-state index in [1.54, 1.807) is 26.4 Å². The van der Waals surface area contributed by atoms with Gasteiger partial charge in [0, 0.05) is 20.8 Å². The molecule has 0 radical (unpaired) electrons. The molecule has 0 aliphatic heterocycles. The van der Waals surface area contributed by atoms with Crippen molar-refractivity contribution in [3.8, 4) is 17.5 Å². The number of pyridine rings is 1. The fourth-order valence-corrected chi connectivity index (χ4v) is 1.98. The molecule has 0 saturated carbocycles. The van der Waals surface area contributed by atoms with Crippen molar-refractivity contribution in [3.63, 3.8) is 0 Å². The Balaban J connectivity index is 2.47. The predicted molar refractivity (Wildman–Crippen MR) is 72.6 cm³/mol. The maximum atomic E-state index is 8.93. The highest BCUT2D eigenvalue weighted by Crippen LogP contribution is 2.24. The molecule has 0 aliphatic rings. The van der Waals surface area contributed by atoms with Crippen molar-refractivity contribution in [1.82, 2.24) is 14.8 Å². The minimum absolute atomic E-state index is 0.378. The molecule has 2 aromatic heterocycles. The summed E-state index contributed by atoms with van der Waals surface area (Å²) in [5, 5.41) is 13.4. The number of rotatable bonds is 5. The molecule has 0 atom stereocenters. The van der Waals surface area contributed by atoms with Gasteiger partial charge < -0.3 is 9.47 Å². The van der Waals surface area contributed by atoms with Crippen LogP contribution in [0.4, 0.5) is 0 Å². The van der Waals surface area contributed by atoms with Crippen LogP contribution in [0.25, 0.3) is 11.4 Å². The molecule has 104 valence electrons. The highest BCUT2D eigenvalue weighted by molar-refractivity contribution is 5.56. The molecule has 0 aliphatic carbocycles. The fraction of sp³-hybridized carbons (Fsp3) is 0.357. The zero-order chi connectivity index (χ0) is 14.5. The molecule has 0 fully saturated rings. The van der Waals surface area contributed by atoms with Crippen LogP contribution in [0.5, 0.6) is 0 Å². The lowest BCUT2D eigenvalue weighted by atomic mass is 10.2. The molecule has 2 heterocycles. The molecular weight excluding hydrogens is 256 g/mol. The van der Waals surface area contributed by atoms with Crippen LogP contribution in [0, 0.1) is 11.3 Å². The molecule has 0 aromatic carbocycles. The van der Waals surface area contributed by atoms with Crippen LogP contribution in [0.15, 0.2) is 24.3 Å². The predicted octanol–water partition coefficient (Wildman–Crippen LogP) is 2.13. The summed E-state index contributed by atoms with van der Waals surface area (Å²) in [6.07, 6.45) is -0.513. The van der Waals surface area contributed by atoms with E-state index < -0.39 is 6.29 Å². The smallest absolute Gasteiger partial charge is 0.202 e. The van der Waals surface area contributed by atoms with Crippen molar-refractivity contribution in [2.45, 2.75) is 19.8 Å². The highest BCUT2D eigenvalue weighted by Gasteiger charge is 2.17. The monoisotopic (exact) mass is 272 g/mol. The van der Waals surface area contributed by atoms with Crippen LogP contribution < -0.4 is 0 Å². The number of nitriles is 1. The van der Waals surface area contributed by atoms with Gasteiger partial charge >= 0.3 is 0 Å². The molecule has 2 rings (SSSR count). The van der Waals surface area contributed by atoms with Crippen molar-refractivity contribution in [1.29, 1.82) is 5.26 Å². The van der Waals surface area contributed by atoms with Crippen molar-refractivity contribution < 1.29 is 9.47 Å². The Morgan fingerprint density at radius 3 is 2.70 bits per heavy atom. The third-order valence-electron chi connectivity index (χ3n) is 2.89. The van der Waals surface area contributed by atoms with Gasteiger partial charge in [-0.3, -0.25) is 4.68 Å². The number of aromatic nitrogens is 3. The second-order valence-corrected chi connectivity index (χ2v) is 4.09. The summed E-state index contributed by atoms with van der Waals surface area (Å²) >= 11 is 0. The lowest BCUT2D eigenvalue weighted by molar-refractivity contribution is -0.108. The Bertz CT molecular complexity index is 626. The standard InChI is InChI=1S/C14H16N4O2/c1-4-18-13(8-12(17-18)14(19-2)20-3)11-7-5-6-10(9-15)16-11/h5-8,14H,4H2,1-3H3. The number of hydrogen-bond acceptors (Lipinski definition) is 5. The van der Waals surface area contributed by atoms with Crippen molar-refractivity contribution >= 4 is 0 Å². The van der Waals surface area contributed by atoms with E-state index in [1.807, 2.05) is 29.8 Å². The fourth-order valence-electron chi connectivity index (χ4n) is 1.98. The van der Waals surface area contributed by atoms with Gasteiger partial charge in [0.2, 0.25) is 6.29 Å². The molecule has 6 heteroatoms. The van der Waals surface area contributed by atoms with Gasteiger partial charge in [0.05, 0.1) is 11.4 Å². The quantitative estimate of drug-likeness (QED) is 0.779. The SMILES string of the molecule is CCn1nc(C(OC)OC)cc1-c1cccc(C#N)n1. The lowest BCUT2D eigenvalue weighted by Gasteiger charge is -2.09. The van der Waals surface area contributed by atoms with Gasteiger partial charge in [0.15, 0.2) is 0 Å². The minimum Gasteiger partial charge on any atom is -0.350 e. The summed E-state index contributed by atoms with van der Waals surface area (Å²) in [6, 6.07) is 9.23. The number of aryl methyl sites for hydroxylation is 1. The van der Waals surface area contributed by atoms with Crippen molar-refractivity contribution in [2.75, 3.05) is 14.2 Å². The van der Waals surface area contributed by atoms with Gasteiger partial charge in [-0.05, 0) is 25.1 Å². The Morgan fingerprint density at radius 1 is 1.35 bits per heavy atom. The highest BCUT2D eigenvalue weighted by atomic mass is 16.7. The van der Waals surface area contributed by atoms with Gasteiger partial charge in [-0.2, -0.15) is 10.4 Å². The largest absolute Gasteiger partial charge is 0.350 e. The minimum atomic E-state index is -0.513. The Morgan fingerprint density at radius 2 is 2.10 bits per heavy atom. The van der Waals surface area contributed by atoms with Crippen molar-refractivity contribution in [2.24, 2.45) is 0 Å². The van der Waals surface area contributed by atoms with Crippen LogP contribution in [0.3, 0.4) is 0 Å².